The van der Waals surface area contributed by atoms with Crippen LogP contribution in [0.1, 0.15) is 38.9 Å². The lowest BCUT2D eigenvalue weighted by atomic mass is 9.97. The summed E-state index contributed by atoms with van der Waals surface area (Å²) in [5, 5.41) is 3.70. The Labute approximate surface area is 187 Å². The van der Waals surface area contributed by atoms with Crippen molar-refractivity contribution in [3.8, 4) is 0 Å². The van der Waals surface area contributed by atoms with Crippen LogP contribution in [-0.4, -0.2) is 19.4 Å². The first-order valence-corrected chi connectivity index (χ1v) is 11.3. The fraction of sp³-hybridized carbons (Fsp3) is 0.357. The van der Waals surface area contributed by atoms with E-state index < -0.39 is 0 Å². The van der Waals surface area contributed by atoms with E-state index in [-0.39, 0.29) is 6.35 Å². The Bertz CT molecular complexity index is 984. The number of nitrogens with one attached hydrogen (secondary N) is 1. The van der Waals surface area contributed by atoms with Crippen LogP contribution in [0.3, 0.4) is 0 Å². The van der Waals surface area contributed by atoms with Crippen LogP contribution in [-0.2, 0) is 11.3 Å². The zero-order chi connectivity index (χ0) is 22.2. The van der Waals surface area contributed by atoms with Crippen molar-refractivity contribution in [2.75, 3.05) is 13.1 Å². The Morgan fingerprint density at radius 2 is 1.26 bits per heavy atom. The molecule has 1 fully saturated rings. The van der Waals surface area contributed by atoms with E-state index in [2.05, 4.69) is 101 Å². The second-order valence-corrected chi connectivity index (χ2v) is 9.19. The molecule has 1 unspecified atom stereocenters. The Balaban J connectivity index is 1.90. The molecule has 3 aromatic rings. The summed E-state index contributed by atoms with van der Waals surface area (Å²) in [6.07, 6.45) is -0.139. The molecule has 1 aliphatic heterocycles. The number of hydrogen-bond acceptors (Lipinski definition) is 2. The van der Waals surface area contributed by atoms with Gasteiger partial charge in [-0.1, -0.05) is 65.7 Å². The molecule has 31 heavy (non-hydrogen) atoms. The molecule has 3 heteroatoms. The summed E-state index contributed by atoms with van der Waals surface area (Å²) >= 11 is 0. The van der Waals surface area contributed by atoms with Gasteiger partial charge in [-0.05, 0) is 47.1 Å². The van der Waals surface area contributed by atoms with Gasteiger partial charge in [0.25, 0.3) is 6.35 Å². The quantitative estimate of drug-likeness (QED) is 0.495. The molecule has 0 aliphatic carbocycles. The molecule has 1 N–H and O–H groups in total. The van der Waals surface area contributed by atoms with Crippen LogP contribution < -0.4 is 9.80 Å². The molecule has 3 aromatic carbocycles. The molecular weight excluding hydrogens is 380 g/mol. The summed E-state index contributed by atoms with van der Waals surface area (Å²) in [5.74, 6) is 0. The van der Waals surface area contributed by atoms with Crippen molar-refractivity contribution in [1.82, 2.24) is 9.80 Å². The van der Waals surface area contributed by atoms with Gasteiger partial charge >= 0.3 is 0 Å². The number of benzene rings is 3. The predicted octanol–water partition coefficient (Wildman–Crippen LogP) is 6.28. The maximum absolute atomic E-state index is 6.66. The topological polar surface area (TPSA) is 21.3 Å². The van der Waals surface area contributed by atoms with Gasteiger partial charge < -0.3 is 4.74 Å². The fourth-order valence-corrected chi connectivity index (χ4v) is 5.75. The summed E-state index contributed by atoms with van der Waals surface area (Å²) in [5.41, 5.74) is 11.9. The Morgan fingerprint density at radius 1 is 0.774 bits per heavy atom. The molecule has 0 aromatic heterocycles. The standard InChI is InChI=1S/C28H35N2O/c1-19-14-21(3)26(22(4)15-19)30(27-23(5)16-20(2)17-24(27)6)13-12-29-28(30)31-18-25-10-8-7-9-11-25/h7-11,14-17,28-29H,12-13,18H2,1-6H3/q+1. The molecule has 4 rings (SSSR count). The van der Waals surface area contributed by atoms with Crippen molar-refractivity contribution < 1.29 is 4.74 Å². The van der Waals surface area contributed by atoms with Crippen LogP contribution in [0.15, 0.2) is 54.6 Å². The molecule has 3 nitrogen and oxygen atoms in total. The molecule has 162 valence electrons. The van der Waals surface area contributed by atoms with Crippen molar-refractivity contribution in [3.05, 3.63) is 93.5 Å². The third-order valence-corrected chi connectivity index (χ3v) is 6.50. The van der Waals surface area contributed by atoms with E-state index in [4.69, 9.17) is 4.74 Å². The number of quaternary nitrogens is 1. The third-order valence-electron chi connectivity index (χ3n) is 6.50. The highest BCUT2D eigenvalue weighted by atomic mass is 16.5. The molecule has 0 saturated carbocycles. The highest BCUT2D eigenvalue weighted by Gasteiger charge is 2.50. The molecule has 1 atom stereocenters. The minimum atomic E-state index is -0.139. The smallest absolute Gasteiger partial charge is 0.263 e. The SMILES string of the molecule is Cc1cc(C)c([N+]2(c3c(C)cc(C)cc3C)CCNC2OCc2ccccc2)c(C)c1. The maximum Gasteiger partial charge on any atom is 0.263 e. The summed E-state index contributed by atoms with van der Waals surface area (Å²) in [6.45, 7) is 15.8. The van der Waals surface area contributed by atoms with E-state index in [1.807, 2.05) is 0 Å². The first kappa shape index (κ1) is 21.8. The number of ether oxygens (including phenoxy) is 1. The molecule has 0 bridgehead atoms. The van der Waals surface area contributed by atoms with E-state index in [1.54, 1.807) is 0 Å². The third kappa shape index (κ3) is 3.94. The molecule has 0 spiro atoms. The van der Waals surface area contributed by atoms with Crippen LogP contribution in [0.25, 0.3) is 0 Å². The Morgan fingerprint density at radius 3 is 1.74 bits per heavy atom. The van der Waals surface area contributed by atoms with E-state index in [9.17, 15) is 0 Å². The summed E-state index contributed by atoms with van der Waals surface area (Å²) in [7, 11) is 0. The summed E-state index contributed by atoms with van der Waals surface area (Å²) in [4.78, 5) is 0. The van der Waals surface area contributed by atoms with Gasteiger partial charge in [0.1, 0.15) is 17.9 Å². The lowest BCUT2D eigenvalue weighted by Gasteiger charge is -2.41. The van der Waals surface area contributed by atoms with Crippen molar-refractivity contribution in [1.29, 1.82) is 0 Å². The van der Waals surface area contributed by atoms with Crippen LogP contribution in [0.2, 0.25) is 0 Å². The normalized spacial score (nSPS) is 17.8. The van der Waals surface area contributed by atoms with Gasteiger partial charge in [0.05, 0.1) is 13.2 Å². The van der Waals surface area contributed by atoms with Gasteiger partial charge in [-0.15, -0.1) is 0 Å². The minimum Gasteiger partial charge on any atom is -0.311 e. The van der Waals surface area contributed by atoms with Gasteiger partial charge in [-0.2, -0.15) is 0 Å². The van der Waals surface area contributed by atoms with Crippen molar-refractivity contribution in [2.45, 2.75) is 54.5 Å². The molecule has 0 radical (unpaired) electrons. The first-order chi connectivity index (χ1) is 14.8. The molecule has 1 heterocycles. The molecule has 1 saturated heterocycles. The van der Waals surface area contributed by atoms with Crippen LogP contribution in [0.4, 0.5) is 11.4 Å². The first-order valence-electron chi connectivity index (χ1n) is 11.3. The van der Waals surface area contributed by atoms with Crippen molar-refractivity contribution in [3.63, 3.8) is 0 Å². The lowest BCUT2D eigenvalue weighted by Crippen LogP contribution is -2.54. The Kier molecular flexibility index (Phi) is 6.02. The van der Waals surface area contributed by atoms with Gasteiger partial charge in [-0.25, -0.2) is 9.80 Å². The number of hydrogen-bond donors (Lipinski definition) is 1. The van der Waals surface area contributed by atoms with Gasteiger partial charge in [0.15, 0.2) is 0 Å². The van der Waals surface area contributed by atoms with E-state index in [0.29, 0.717) is 11.1 Å². The zero-order valence-corrected chi connectivity index (χ0v) is 19.8. The average molecular weight is 416 g/mol. The van der Waals surface area contributed by atoms with Crippen LogP contribution >= 0.6 is 0 Å². The maximum atomic E-state index is 6.66. The molecule has 1 aliphatic rings. The lowest BCUT2D eigenvalue weighted by molar-refractivity contribution is -0.0332. The van der Waals surface area contributed by atoms with Gasteiger partial charge in [0, 0.05) is 22.3 Å². The summed E-state index contributed by atoms with van der Waals surface area (Å²) in [6, 6.07) is 19.7. The van der Waals surface area contributed by atoms with Crippen LogP contribution in [0.5, 0.6) is 0 Å². The minimum absolute atomic E-state index is 0.139. The number of aryl methyl sites for hydroxylation is 6. The highest BCUT2D eigenvalue weighted by molar-refractivity contribution is 5.71. The zero-order valence-electron chi connectivity index (χ0n) is 19.8. The number of nitrogens with zero attached hydrogens (tertiary/aromatic N) is 1. The molecular formula is C28H35N2O+. The largest absolute Gasteiger partial charge is 0.311 e. The van der Waals surface area contributed by atoms with E-state index >= 15 is 0 Å². The average Bonchev–Trinajstić information content (AvgIpc) is 3.09. The second kappa shape index (κ2) is 8.58. The van der Waals surface area contributed by atoms with Gasteiger partial charge in [0.2, 0.25) is 0 Å². The number of rotatable bonds is 5. The van der Waals surface area contributed by atoms with Crippen molar-refractivity contribution >= 4 is 11.4 Å². The van der Waals surface area contributed by atoms with E-state index in [0.717, 1.165) is 13.1 Å². The second-order valence-electron chi connectivity index (χ2n) is 9.19. The predicted molar refractivity (Wildman–Crippen MR) is 131 cm³/mol. The van der Waals surface area contributed by atoms with Crippen LogP contribution in [0, 0.1) is 41.5 Å². The molecule has 0 amide bonds. The van der Waals surface area contributed by atoms with E-state index in [1.165, 1.54) is 50.3 Å². The van der Waals surface area contributed by atoms with Gasteiger partial charge in [-0.3, -0.25) is 0 Å². The fourth-order valence-electron chi connectivity index (χ4n) is 5.75. The highest BCUT2D eigenvalue weighted by Crippen LogP contribution is 2.46. The Hall–Kier alpha value is -2.46. The monoisotopic (exact) mass is 415 g/mol. The summed E-state index contributed by atoms with van der Waals surface area (Å²) < 4.78 is 7.35. The van der Waals surface area contributed by atoms with Crippen molar-refractivity contribution in [2.24, 2.45) is 0 Å².